The molecule has 0 aliphatic heterocycles. The number of methoxy groups -OCH3 is 1. The van der Waals surface area contributed by atoms with Crippen LogP contribution in [0, 0.1) is 0 Å². The summed E-state index contributed by atoms with van der Waals surface area (Å²) in [5, 5.41) is 5.50. The van der Waals surface area contributed by atoms with Crippen LogP contribution in [-0.2, 0) is 4.79 Å². The van der Waals surface area contributed by atoms with E-state index in [1.807, 2.05) is 20.8 Å². The number of rotatable bonds is 8. The summed E-state index contributed by atoms with van der Waals surface area (Å²) in [5.74, 6) is 0.110. The number of hydrogen-bond donors (Lipinski definition) is 2. The van der Waals surface area contributed by atoms with Crippen LogP contribution in [-0.4, -0.2) is 38.1 Å². The first-order valence-corrected chi connectivity index (χ1v) is 7.85. The molecule has 0 heterocycles. The lowest BCUT2D eigenvalue weighted by atomic mass is 10.2. The molecule has 0 aliphatic carbocycles. The fourth-order valence-electron chi connectivity index (χ4n) is 1.79. The normalized spacial score (nSPS) is 10.3. The molecular formula is C16H23ClN2O4. The monoisotopic (exact) mass is 342 g/mol. The van der Waals surface area contributed by atoms with Crippen LogP contribution in [0.4, 0.5) is 0 Å². The van der Waals surface area contributed by atoms with Gasteiger partial charge < -0.3 is 20.1 Å². The molecule has 0 atom stereocenters. The molecule has 0 fully saturated rings. The lowest BCUT2D eigenvalue weighted by molar-refractivity contribution is -0.120. The summed E-state index contributed by atoms with van der Waals surface area (Å²) in [4.78, 5) is 23.6. The summed E-state index contributed by atoms with van der Waals surface area (Å²) < 4.78 is 10.8. The van der Waals surface area contributed by atoms with Gasteiger partial charge in [0.05, 0.1) is 24.8 Å². The van der Waals surface area contributed by atoms with Crippen molar-refractivity contribution in [1.29, 1.82) is 0 Å². The second-order valence-corrected chi connectivity index (χ2v) is 5.60. The summed E-state index contributed by atoms with van der Waals surface area (Å²) >= 11 is 6.17. The molecule has 0 saturated heterocycles. The third-order valence-corrected chi connectivity index (χ3v) is 3.11. The van der Waals surface area contributed by atoms with Crippen molar-refractivity contribution in [2.24, 2.45) is 0 Å². The van der Waals surface area contributed by atoms with E-state index in [-0.39, 0.29) is 23.6 Å². The van der Waals surface area contributed by atoms with Crippen LogP contribution in [0.1, 0.15) is 37.6 Å². The van der Waals surface area contributed by atoms with Gasteiger partial charge in [-0.3, -0.25) is 9.59 Å². The SMILES string of the molecule is CCCNC(=O)CNC(=O)c1cc(Cl)c(OC(C)C)c(OC)c1. The van der Waals surface area contributed by atoms with Crippen LogP contribution < -0.4 is 20.1 Å². The highest BCUT2D eigenvalue weighted by Crippen LogP contribution is 2.37. The molecule has 2 amide bonds. The van der Waals surface area contributed by atoms with Gasteiger partial charge in [-0.25, -0.2) is 0 Å². The minimum atomic E-state index is -0.409. The first-order chi connectivity index (χ1) is 10.9. The highest BCUT2D eigenvalue weighted by molar-refractivity contribution is 6.32. The molecular weight excluding hydrogens is 320 g/mol. The molecule has 1 rings (SSSR count). The number of carbonyl (C=O) groups is 2. The van der Waals surface area contributed by atoms with E-state index in [4.69, 9.17) is 21.1 Å². The second kappa shape index (κ2) is 9.25. The topological polar surface area (TPSA) is 76.7 Å². The predicted molar refractivity (Wildman–Crippen MR) is 89.4 cm³/mol. The molecule has 0 saturated carbocycles. The third kappa shape index (κ3) is 5.98. The standard InChI is InChI=1S/C16H23ClN2O4/c1-5-6-18-14(20)9-19-16(21)11-7-12(17)15(23-10(2)3)13(8-11)22-4/h7-8,10H,5-6,9H2,1-4H3,(H,18,20)(H,19,21). The zero-order valence-corrected chi connectivity index (χ0v) is 14.6. The van der Waals surface area contributed by atoms with Gasteiger partial charge in [-0.2, -0.15) is 0 Å². The van der Waals surface area contributed by atoms with Gasteiger partial charge in [0.25, 0.3) is 5.91 Å². The average Bonchev–Trinajstić information content (AvgIpc) is 2.51. The molecule has 0 unspecified atom stereocenters. The molecule has 0 bridgehead atoms. The van der Waals surface area contributed by atoms with E-state index in [1.54, 1.807) is 0 Å². The van der Waals surface area contributed by atoms with Gasteiger partial charge in [0.15, 0.2) is 11.5 Å². The maximum atomic E-state index is 12.1. The van der Waals surface area contributed by atoms with Crippen LogP contribution in [0.5, 0.6) is 11.5 Å². The van der Waals surface area contributed by atoms with Crippen LogP contribution >= 0.6 is 11.6 Å². The van der Waals surface area contributed by atoms with Gasteiger partial charge in [0, 0.05) is 12.1 Å². The van der Waals surface area contributed by atoms with E-state index in [1.165, 1.54) is 19.2 Å². The van der Waals surface area contributed by atoms with E-state index in [0.717, 1.165) is 6.42 Å². The van der Waals surface area contributed by atoms with Crippen molar-refractivity contribution >= 4 is 23.4 Å². The Labute approximate surface area is 141 Å². The maximum Gasteiger partial charge on any atom is 0.251 e. The molecule has 1 aromatic carbocycles. The summed E-state index contributed by atoms with van der Waals surface area (Å²) in [6.45, 7) is 6.17. The van der Waals surface area contributed by atoms with Crippen molar-refractivity contribution in [1.82, 2.24) is 10.6 Å². The summed E-state index contributed by atoms with van der Waals surface area (Å²) in [6, 6.07) is 3.02. The van der Waals surface area contributed by atoms with Crippen molar-refractivity contribution in [2.45, 2.75) is 33.3 Å². The van der Waals surface area contributed by atoms with Gasteiger partial charge in [0.1, 0.15) is 0 Å². The first-order valence-electron chi connectivity index (χ1n) is 7.48. The maximum absolute atomic E-state index is 12.1. The van der Waals surface area contributed by atoms with Crippen LogP contribution in [0.15, 0.2) is 12.1 Å². The molecule has 0 aliphatic rings. The van der Waals surface area contributed by atoms with Crippen molar-refractivity contribution < 1.29 is 19.1 Å². The minimum absolute atomic E-state index is 0.0802. The Morgan fingerprint density at radius 1 is 1.26 bits per heavy atom. The Hall–Kier alpha value is -1.95. The second-order valence-electron chi connectivity index (χ2n) is 5.19. The Balaban J connectivity index is 2.82. The van der Waals surface area contributed by atoms with Gasteiger partial charge in [-0.15, -0.1) is 0 Å². The molecule has 0 aromatic heterocycles. The number of carbonyl (C=O) groups excluding carboxylic acids is 2. The number of benzene rings is 1. The van der Waals surface area contributed by atoms with Gasteiger partial charge in [-0.1, -0.05) is 18.5 Å². The summed E-state index contributed by atoms with van der Waals surface area (Å²) in [7, 11) is 1.47. The summed E-state index contributed by atoms with van der Waals surface area (Å²) in [5.41, 5.74) is 0.297. The molecule has 0 radical (unpaired) electrons. The third-order valence-electron chi connectivity index (χ3n) is 2.83. The quantitative estimate of drug-likeness (QED) is 0.760. The molecule has 0 spiro atoms. The number of hydrogen-bond acceptors (Lipinski definition) is 4. The van der Waals surface area contributed by atoms with Crippen molar-refractivity contribution in [2.75, 3.05) is 20.2 Å². The predicted octanol–water partition coefficient (Wildman–Crippen LogP) is 2.39. The van der Waals surface area contributed by atoms with E-state index in [0.29, 0.717) is 23.6 Å². The van der Waals surface area contributed by atoms with E-state index >= 15 is 0 Å². The lowest BCUT2D eigenvalue weighted by Crippen LogP contribution is -2.37. The smallest absolute Gasteiger partial charge is 0.251 e. The molecule has 2 N–H and O–H groups in total. The van der Waals surface area contributed by atoms with Crippen molar-refractivity contribution in [3.05, 3.63) is 22.7 Å². The molecule has 128 valence electrons. The molecule has 1 aromatic rings. The number of halogens is 1. The average molecular weight is 343 g/mol. The zero-order valence-electron chi connectivity index (χ0n) is 13.9. The van der Waals surface area contributed by atoms with E-state index in [9.17, 15) is 9.59 Å². The number of ether oxygens (including phenoxy) is 2. The Morgan fingerprint density at radius 2 is 1.96 bits per heavy atom. The fraction of sp³-hybridized carbons (Fsp3) is 0.500. The number of amides is 2. The lowest BCUT2D eigenvalue weighted by Gasteiger charge is -2.16. The minimum Gasteiger partial charge on any atom is -0.493 e. The molecule has 23 heavy (non-hydrogen) atoms. The Bertz CT molecular complexity index is 561. The van der Waals surface area contributed by atoms with Gasteiger partial charge >= 0.3 is 0 Å². The zero-order chi connectivity index (χ0) is 17.4. The molecule has 6 nitrogen and oxygen atoms in total. The Kier molecular flexibility index (Phi) is 7.68. The highest BCUT2D eigenvalue weighted by Gasteiger charge is 2.17. The van der Waals surface area contributed by atoms with Crippen LogP contribution in [0.2, 0.25) is 5.02 Å². The Morgan fingerprint density at radius 3 is 2.52 bits per heavy atom. The van der Waals surface area contributed by atoms with Crippen molar-refractivity contribution in [3.63, 3.8) is 0 Å². The van der Waals surface area contributed by atoms with Gasteiger partial charge in [-0.05, 0) is 32.4 Å². The largest absolute Gasteiger partial charge is 0.493 e. The first kappa shape index (κ1) is 19.1. The number of nitrogens with one attached hydrogen (secondary N) is 2. The summed E-state index contributed by atoms with van der Waals surface area (Å²) in [6.07, 6.45) is 0.757. The molecule has 7 heteroatoms. The van der Waals surface area contributed by atoms with Crippen molar-refractivity contribution in [3.8, 4) is 11.5 Å². The fourth-order valence-corrected chi connectivity index (χ4v) is 2.05. The van der Waals surface area contributed by atoms with E-state index in [2.05, 4.69) is 10.6 Å². The van der Waals surface area contributed by atoms with E-state index < -0.39 is 5.91 Å². The highest BCUT2D eigenvalue weighted by atomic mass is 35.5. The van der Waals surface area contributed by atoms with Gasteiger partial charge in [0.2, 0.25) is 5.91 Å². The van der Waals surface area contributed by atoms with Crippen LogP contribution in [0.3, 0.4) is 0 Å². The van der Waals surface area contributed by atoms with Crippen LogP contribution in [0.25, 0.3) is 0 Å².